The zero-order valence-electron chi connectivity index (χ0n) is 14.4. The van der Waals surface area contributed by atoms with Crippen molar-refractivity contribution in [2.75, 3.05) is 45.4 Å². The normalized spacial score (nSPS) is 23.1. The van der Waals surface area contributed by atoms with Crippen LogP contribution in [-0.4, -0.2) is 72.5 Å². The van der Waals surface area contributed by atoms with Crippen LogP contribution in [-0.2, 0) is 14.2 Å². The van der Waals surface area contributed by atoms with Crippen molar-refractivity contribution in [3.8, 4) is 0 Å². The first kappa shape index (κ1) is 17.0. The summed E-state index contributed by atoms with van der Waals surface area (Å²) in [6.45, 7) is 2.60. The molecule has 0 N–H and O–H groups in total. The van der Waals surface area contributed by atoms with Crippen molar-refractivity contribution in [3.05, 3.63) is 11.5 Å². The van der Waals surface area contributed by atoms with Gasteiger partial charge in [0.15, 0.2) is 5.65 Å². The second-order valence-electron chi connectivity index (χ2n) is 6.57. The van der Waals surface area contributed by atoms with Crippen molar-refractivity contribution in [1.29, 1.82) is 0 Å². The topological polar surface area (TPSA) is 74.5 Å². The first-order chi connectivity index (χ1) is 12.2. The minimum absolute atomic E-state index is 0.0767. The highest BCUT2D eigenvalue weighted by molar-refractivity contribution is 6.28. The molecule has 2 fully saturated rings. The smallest absolute Gasteiger partial charge is 0.226 e. The number of fused-ring (bicyclic) bond motifs is 3. The van der Waals surface area contributed by atoms with Crippen molar-refractivity contribution in [3.63, 3.8) is 0 Å². The lowest BCUT2D eigenvalue weighted by Gasteiger charge is -2.33. The van der Waals surface area contributed by atoms with Gasteiger partial charge < -0.3 is 19.1 Å². The molecule has 2 unspecified atom stereocenters. The Morgan fingerprint density at radius 3 is 2.52 bits per heavy atom. The van der Waals surface area contributed by atoms with Crippen LogP contribution in [0, 0.1) is 0 Å². The molecule has 2 aliphatic heterocycles. The molecule has 0 aliphatic carbocycles. The number of hydrogen-bond donors (Lipinski definition) is 0. The Kier molecular flexibility index (Phi) is 4.77. The summed E-state index contributed by atoms with van der Waals surface area (Å²) in [7, 11) is 3.32. The van der Waals surface area contributed by atoms with Crippen LogP contribution >= 0.6 is 11.6 Å². The van der Waals surface area contributed by atoms with E-state index in [9.17, 15) is 0 Å². The molecule has 0 saturated carbocycles. The van der Waals surface area contributed by atoms with Crippen molar-refractivity contribution in [1.82, 2.24) is 19.7 Å². The predicted molar refractivity (Wildman–Crippen MR) is 93.2 cm³/mol. The number of nitrogens with zero attached hydrogens (tertiary/aromatic N) is 5. The molecule has 2 bridgehead atoms. The monoisotopic (exact) mass is 367 g/mol. The quantitative estimate of drug-likeness (QED) is 0.719. The Morgan fingerprint density at radius 2 is 1.88 bits per heavy atom. The summed E-state index contributed by atoms with van der Waals surface area (Å²) in [6.07, 6.45) is 4.55. The maximum atomic E-state index is 6.24. The maximum absolute atomic E-state index is 6.24. The SMILES string of the molecule is COCC(COC)n1ncc2c(N3CC4CCC(C3)O4)nc(Cl)nc21. The largest absolute Gasteiger partial charge is 0.382 e. The lowest BCUT2D eigenvalue weighted by atomic mass is 10.2. The van der Waals surface area contributed by atoms with Gasteiger partial charge in [0.05, 0.1) is 37.0 Å². The molecule has 4 rings (SSSR count). The van der Waals surface area contributed by atoms with Gasteiger partial charge in [0.1, 0.15) is 11.9 Å². The summed E-state index contributed by atoms with van der Waals surface area (Å²) in [6, 6.07) is -0.0767. The number of ether oxygens (including phenoxy) is 3. The van der Waals surface area contributed by atoms with Gasteiger partial charge in [0.25, 0.3) is 0 Å². The molecule has 2 aliphatic rings. The average molecular weight is 368 g/mol. The molecule has 0 amide bonds. The molecule has 2 aromatic rings. The Bertz CT molecular complexity index is 737. The van der Waals surface area contributed by atoms with Crippen molar-refractivity contribution >= 4 is 28.5 Å². The Labute approximate surface area is 151 Å². The van der Waals surface area contributed by atoms with E-state index in [0.717, 1.165) is 37.1 Å². The van der Waals surface area contributed by atoms with E-state index in [4.69, 9.17) is 25.8 Å². The summed E-state index contributed by atoms with van der Waals surface area (Å²) in [5.41, 5.74) is 0.702. The van der Waals surface area contributed by atoms with E-state index in [1.165, 1.54) is 0 Å². The number of methoxy groups -OCH3 is 2. The maximum Gasteiger partial charge on any atom is 0.226 e. The predicted octanol–water partition coefficient (Wildman–Crippen LogP) is 1.68. The van der Waals surface area contributed by atoms with Gasteiger partial charge in [0.2, 0.25) is 5.28 Å². The number of hydrogen-bond acceptors (Lipinski definition) is 7. The minimum Gasteiger partial charge on any atom is -0.382 e. The molecule has 0 spiro atoms. The molecule has 0 radical (unpaired) electrons. The molecule has 8 nitrogen and oxygen atoms in total. The van der Waals surface area contributed by atoms with Crippen molar-refractivity contribution in [2.45, 2.75) is 31.1 Å². The van der Waals surface area contributed by atoms with Crippen LogP contribution in [0.3, 0.4) is 0 Å². The van der Waals surface area contributed by atoms with Crippen LogP contribution in [0.4, 0.5) is 5.82 Å². The molecule has 2 aromatic heterocycles. The van der Waals surface area contributed by atoms with E-state index < -0.39 is 0 Å². The lowest BCUT2D eigenvalue weighted by Crippen LogP contribution is -2.43. The zero-order chi connectivity index (χ0) is 17.4. The zero-order valence-corrected chi connectivity index (χ0v) is 15.1. The molecular weight excluding hydrogens is 346 g/mol. The van der Waals surface area contributed by atoms with Crippen LogP contribution in [0.1, 0.15) is 18.9 Å². The number of rotatable bonds is 6. The van der Waals surface area contributed by atoms with Gasteiger partial charge in [0, 0.05) is 27.3 Å². The van der Waals surface area contributed by atoms with Gasteiger partial charge in [-0.3, -0.25) is 0 Å². The van der Waals surface area contributed by atoms with Crippen LogP contribution < -0.4 is 4.90 Å². The molecule has 25 heavy (non-hydrogen) atoms. The summed E-state index contributed by atoms with van der Waals surface area (Å²) < 4.78 is 18.3. The standard InChI is InChI=1S/C16H22ClN5O3/c1-23-8-10(9-24-2)22-15-13(5-18-22)14(19-16(17)20-15)21-6-11-3-4-12(7-21)25-11/h5,10-12H,3-4,6-9H2,1-2H3. The molecule has 136 valence electrons. The van der Waals surface area contributed by atoms with Crippen LogP contribution in [0.25, 0.3) is 11.0 Å². The van der Waals surface area contributed by atoms with E-state index in [2.05, 4.69) is 20.0 Å². The number of morpholine rings is 1. The second-order valence-corrected chi connectivity index (χ2v) is 6.91. The van der Waals surface area contributed by atoms with Gasteiger partial charge in [-0.15, -0.1) is 0 Å². The van der Waals surface area contributed by atoms with E-state index in [1.807, 2.05) is 4.68 Å². The molecular formula is C16H22ClN5O3. The lowest BCUT2D eigenvalue weighted by molar-refractivity contribution is 0.0303. The van der Waals surface area contributed by atoms with Gasteiger partial charge in [-0.1, -0.05) is 0 Å². The van der Waals surface area contributed by atoms with Gasteiger partial charge in [-0.2, -0.15) is 15.1 Å². The first-order valence-electron chi connectivity index (χ1n) is 8.48. The van der Waals surface area contributed by atoms with E-state index in [-0.39, 0.29) is 23.5 Å². The van der Waals surface area contributed by atoms with Crippen molar-refractivity contribution in [2.24, 2.45) is 0 Å². The fourth-order valence-corrected chi connectivity index (χ4v) is 3.92. The Balaban J connectivity index is 1.73. The van der Waals surface area contributed by atoms with Crippen LogP contribution in [0.5, 0.6) is 0 Å². The molecule has 4 heterocycles. The third-order valence-electron chi connectivity index (χ3n) is 4.81. The van der Waals surface area contributed by atoms with E-state index in [0.29, 0.717) is 18.9 Å². The summed E-state index contributed by atoms with van der Waals surface area (Å²) in [4.78, 5) is 11.2. The fraction of sp³-hybridized carbons (Fsp3) is 0.688. The summed E-state index contributed by atoms with van der Waals surface area (Å²) >= 11 is 6.24. The summed E-state index contributed by atoms with van der Waals surface area (Å²) in [5.74, 6) is 0.829. The minimum atomic E-state index is -0.0767. The highest BCUT2D eigenvalue weighted by atomic mass is 35.5. The number of anilines is 1. The van der Waals surface area contributed by atoms with Gasteiger partial charge in [-0.25, -0.2) is 4.68 Å². The Hall–Kier alpha value is -1.48. The Morgan fingerprint density at radius 1 is 1.20 bits per heavy atom. The third-order valence-corrected chi connectivity index (χ3v) is 4.98. The molecule has 2 atom stereocenters. The second kappa shape index (κ2) is 7.03. The summed E-state index contributed by atoms with van der Waals surface area (Å²) in [5, 5.41) is 5.63. The number of aromatic nitrogens is 4. The average Bonchev–Trinajstić information content (AvgIpc) is 3.16. The highest BCUT2D eigenvalue weighted by Crippen LogP contribution is 2.33. The number of halogens is 1. The van der Waals surface area contributed by atoms with E-state index in [1.54, 1.807) is 20.4 Å². The third kappa shape index (κ3) is 3.19. The fourth-order valence-electron chi connectivity index (χ4n) is 3.76. The van der Waals surface area contributed by atoms with E-state index >= 15 is 0 Å². The van der Waals surface area contributed by atoms with Crippen molar-refractivity contribution < 1.29 is 14.2 Å². The van der Waals surface area contributed by atoms with Gasteiger partial charge in [-0.05, 0) is 24.4 Å². The molecule has 9 heteroatoms. The van der Waals surface area contributed by atoms with Gasteiger partial charge >= 0.3 is 0 Å². The molecule has 0 aromatic carbocycles. The molecule has 2 saturated heterocycles. The van der Waals surface area contributed by atoms with Crippen LogP contribution in [0.2, 0.25) is 5.28 Å². The van der Waals surface area contributed by atoms with Crippen LogP contribution in [0.15, 0.2) is 6.20 Å². The first-order valence-corrected chi connectivity index (χ1v) is 8.86. The highest BCUT2D eigenvalue weighted by Gasteiger charge is 2.35.